The van der Waals surface area contributed by atoms with Crippen LogP contribution >= 0.6 is 27.5 Å². The summed E-state index contributed by atoms with van der Waals surface area (Å²) < 4.78 is 1.03. The lowest BCUT2D eigenvalue weighted by Gasteiger charge is -2.14. The SMILES string of the molecule is CC(O)CC(C)CNCc1ccc(Cl)cc1Br. The highest BCUT2D eigenvalue weighted by atomic mass is 79.9. The zero-order chi connectivity index (χ0) is 12.8. The zero-order valence-corrected chi connectivity index (χ0v) is 12.6. The van der Waals surface area contributed by atoms with Gasteiger partial charge < -0.3 is 10.4 Å². The van der Waals surface area contributed by atoms with E-state index in [1.54, 1.807) is 0 Å². The number of halogens is 2. The summed E-state index contributed by atoms with van der Waals surface area (Å²) in [4.78, 5) is 0. The molecule has 0 aliphatic heterocycles. The molecule has 0 aromatic heterocycles. The quantitative estimate of drug-likeness (QED) is 0.839. The second-order valence-electron chi connectivity index (χ2n) is 4.56. The van der Waals surface area contributed by atoms with Crippen LogP contribution in [0.25, 0.3) is 0 Å². The van der Waals surface area contributed by atoms with Gasteiger partial charge in [-0.3, -0.25) is 0 Å². The standard InChI is InChI=1S/C13H19BrClNO/c1-9(5-10(2)17)7-16-8-11-3-4-12(15)6-13(11)14/h3-4,6,9-10,16-17H,5,7-8H2,1-2H3. The fraction of sp³-hybridized carbons (Fsp3) is 0.538. The van der Waals surface area contributed by atoms with E-state index in [0.29, 0.717) is 5.92 Å². The molecule has 0 bridgehead atoms. The number of hydrogen-bond acceptors (Lipinski definition) is 2. The van der Waals surface area contributed by atoms with Crippen LogP contribution in [-0.2, 0) is 6.54 Å². The van der Waals surface area contributed by atoms with Gasteiger partial charge in [0.25, 0.3) is 0 Å². The van der Waals surface area contributed by atoms with E-state index in [1.807, 2.05) is 25.1 Å². The molecule has 96 valence electrons. The van der Waals surface area contributed by atoms with E-state index >= 15 is 0 Å². The van der Waals surface area contributed by atoms with Gasteiger partial charge in [0.05, 0.1) is 6.10 Å². The second-order valence-corrected chi connectivity index (χ2v) is 5.85. The van der Waals surface area contributed by atoms with Crippen LogP contribution in [0.2, 0.25) is 5.02 Å². The Morgan fingerprint density at radius 2 is 2.12 bits per heavy atom. The van der Waals surface area contributed by atoms with Gasteiger partial charge in [0.1, 0.15) is 0 Å². The molecule has 0 saturated carbocycles. The average molecular weight is 321 g/mol. The van der Waals surface area contributed by atoms with Crippen LogP contribution in [0.1, 0.15) is 25.8 Å². The Morgan fingerprint density at radius 3 is 2.71 bits per heavy atom. The number of hydrogen-bond donors (Lipinski definition) is 2. The maximum absolute atomic E-state index is 9.26. The van der Waals surface area contributed by atoms with Crippen molar-refractivity contribution in [2.24, 2.45) is 5.92 Å². The summed E-state index contributed by atoms with van der Waals surface area (Å²) in [6.45, 7) is 5.67. The fourth-order valence-corrected chi connectivity index (χ4v) is 2.61. The molecule has 0 aliphatic carbocycles. The molecule has 17 heavy (non-hydrogen) atoms. The van der Waals surface area contributed by atoms with Crippen molar-refractivity contribution in [3.8, 4) is 0 Å². The van der Waals surface area contributed by atoms with Gasteiger partial charge >= 0.3 is 0 Å². The molecule has 0 aliphatic rings. The van der Waals surface area contributed by atoms with Crippen molar-refractivity contribution in [2.75, 3.05) is 6.54 Å². The molecule has 0 spiro atoms. The third-order valence-corrected chi connectivity index (χ3v) is 3.54. The summed E-state index contributed by atoms with van der Waals surface area (Å²) in [7, 11) is 0. The van der Waals surface area contributed by atoms with Crippen molar-refractivity contribution in [2.45, 2.75) is 32.9 Å². The molecule has 0 radical (unpaired) electrons. The third-order valence-electron chi connectivity index (χ3n) is 2.57. The lowest BCUT2D eigenvalue weighted by atomic mass is 10.0. The topological polar surface area (TPSA) is 32.3 Å². The molecule has 0 saturated heterocycles. The highest BCUT2D eigenvalue weighted by Crippen LogP contribution is 2.21. The van der Waals surface area contributed by atoms with E-state index in [2.05, 4.69) is 28.2 Å². The molecule has 4 heteroatoms. The summed E-state index contributed by atoms with van der Waals surface area (Å²) >= 11 is 9.37. The summed E-state index contributed by atoms with van der Waals surface area (Å²) in [5, 5.41) is 13.4. The Bertz CT molecular complexity index is 357. The Kier molecular flexibility index (Phi) is 6.49. The van der Waals surface area contributed by atoms with Gasteiger partial charge in [0.2, 0.25) is 0 Å². The minimum absolute atomic E-state index is 0.228. The van der Waals surface area contributed by atoms with Gasteiger partial charge in [-0.25, -0.2) is 0 Å². The van der Waals surface area contributed by atoms with E-state index in [9.17, 15) is 5.11 Å². The van der Waals surface area contributed by atoms with Crippen LogP contribution in [0.5, 0.6) is 0 Å². The van der Waals surface area contributed by atoms with Crippen molar-refractivity contribution in [1.82, 2.24) is 5.32 Å². The molecule has 2 unspecified atom stereocenters. The molecule has 2 N–H and O–H groups in total. The van der Waals surface area contributed by atoms with E-state index in [0.717, 1.165) is 29.0 Å². The minimum Gasteiger partial charge on any atom is -0.393 e. The van der Waals surface area contributed by atoms with E-state index in [1.165, 1.54) is 5.56 Å². The molecule has 0 fully saturated rings. The van der Waals surface area contributed by atoms with Crippen LogP contribution in [-0.4, -0.2) is 17.8 Å². The summed E-state index contributed by atoms with van der Waals surface area (Å²) in [6, 6.07) is 5.80. The Morgan fingerprint density at radius 1 is 1.41 bits per heavy atom. The predicted octanol–water partition coefficient (Wildman–Crippen LogP) is 3.60. The summed E-state index contributed by atoms with van der Waals surface area (Å²) in [5.41, 5.74) is 1.19. The van der Waals surface area contributed by atoms with Gasteiger partial charge in [-0.2, -0.15) is 0 Å². The first-order valence-corrected chi connectivity index (χ1v) is 6.99. The van der Waals surface area contributed by atoms with Crippen LogP contribution in [0.4, 0.5) is 0 Å². The molecule has 1 rings (SSSR count). The normalized spacial score (nSPS) is 14.6. The smallest absolute Gasteiger partial charge is 0.0515 e. The second kappa shape index (κ2) is 7.37. The molecule has 1 aromatic carbocycles. The van der Waals surface area contributed by atoms with Gasteiger partial charge in [-0.05, 0) is 43.5 Å². The monoisotopic (exact) mass is 319 g/mol. The van der Waals surface area contributed by atoms with Crippen LogP contribution in [0.3, 0.4) is 0 Å². The highest BCUT2D eigenvalue weighted by Gasteiger charge is 2.06. The van der Waals surface area contributed by atoms with Crippen molar-refractivity contribution < 1.29 is 5.11 Å². The van der Waals surface area contributed by atoms with Crippen molar-refractivity contribution in [1.29, 1.82) is 0 Å². The largest absolute Gasteiger partial charge is 0.393 e. The third kappa shape index (κ3) is 5.87. The van der Waals surface area contributed by atoms with Crippen LogP contribution < -0.4 is 5.32 Å². The lowest BCUT2D eigenvalue weighted by Crippen LogP contribution is -2.23. The van der Waals surface area contributed by atoms with Gasteiger partial charge in [-0.15, -0.1) is 0 Å². The molecule has 1 aromatic rings. The maximum Gasteiger partial charge on any atom is 0.0515 e. The maximum atomic E-state index is 9.26. The van der Waals surface area contributed by atoms with Gasteiger partial charge in [0, 0.05) is 16.0 Å². The highest BCUT2D eigenvalue weighted by molar-refractivity contribution is 9.10. The lowest BCUT2D eigenvalue weighted by molar-refractivity contribution is 0.163. The molecule has 0 amide bonds. The molecular weight excluding hydrogens is 302 g/mol. The Labute approximate surface area is 117 Å². The minimum atomic E-state index is -0.228. The van der Waals surface area contributed by atoms with E-state index in [-0.39, 0.29) is 6.10 Å². The number of rotatable bonds is 6. The van der Waals surface area contributed by atoms with Crippen molar-refractivity contribution in [3.63, 3.8) is 0 Å². The van der Waals surface area contributed by atoms with Crippen molar-refractivity contribution >= 4 is 27.5 Å². The summed E-state index contributed by atoms with van der Waals surface area (Å²) in [5.74, 6) is 0.473. The molecule has 0 heterocycles. The fourth-order valence-electron chi connectivity index (χ4n) is 1.78. The van der Waals surface area contributed by atoms with E-state index < -0.39 is 0 Å². The first-order chi connectivity index (χ1) is 7.99. The van der Waals surface area contributed by atoms with Crippen LogP contribution in [0, 0.1) is 5.92 Å². The average Bonchev–Trinajstić information content (AvgIpc) is 2.20. The number of aliphatic hydroxyl groups is 1. The van der Waals surface area contributed by atoms with E-state index in [4.69, 9.17) is 11.6 Å². The number of nitrogens with one attached hydrogen (secondary N) is 1. The number of aliphatic hydroxyl groups excluding tert-OH is 1. The molecule has 2 nitrogen and oxygen atoms in total. The molecule has 2 atom stereocenters. The zero-order valence-electron chi connectivity index (χ0n) is 10.2. The summed E-state index contributed by atoms with van der Waals surface area (Å²) in [6.07, 6.45) is 0.600. The Hall–Kier alpha value is -0.0900. The number of benzene rings is 1. The van der Waals surface area contributed by atoms with Gasteiger partial charge in [-0.1, -0.05) is 40.5 Å². The molecular formula is C13H19BrClNO. The van der Waals surface area contributed by atoms with Crippen LogP contribution in [0.15, 0.2) is 22.7 Å². The first-order valence-electron chi connectivity index (χ1n) is 5.81. The van der Waals surface area contributed by atoms with Crippen molar-refractivity contribution in [3.05, 3.63) is 33.3 Å². The van der Waals surface area contributed by atoms with Gasteiger partial charge in [0.15, 0.2) is 0 Å². The predicted molar refractivity (Wildman–Crippen MR) is 76.3 cm³/mol. The first kappa shape index (κ1) is 15.0. The Balaban J connectivity index is 2.35.